The number of halogens is 2. The normalized spacial score (nSPS) is 11.6. The van der Waals surface area contributed by atoms with Crippen molar-refractivity contribution in [1.29, 1.82) is 0 Å². The highest BCUT2D eigenvalue weighted by Crippen LogP contribution is 2.16. The van der Waals surface area contributed by atoms with Crippen LogP contribution in [-0.4, -0.2) is 26.8 Å². The Kier molecular flexibility index (Phi) is 2.41. The number of aromatic nitrogens is 2. The molecule has 0 amide bonds. The van der Waals surface area contributed by atoms with Gasteiger partial charge in [-0.3, -0.25) is 4.68 Å². The molecule has 0 radical (unpaired) electrons. The van der Waals surface area contributed by atoms with Gasteiger partial charge in [-0.25, -0.2) is 13.6 Å². The molecule has 1 aromatic rings. The average molecular weight is 205 g/mol. The molecule has 0 saturated carbocycles. The second kappa shape index (κ2) is 3.24. The number of rotatable bonds is 3. The summed E-state index contributed by atoms with van der Waals surface area (Å²) in [7, 11) is 0. The molecular formula is C7H9F2N3O2. The molecule has 0 atom stereocenters. The fourth-order valence-corrected chi connectivity index (χ4v) is 0.968. The first-order valence-electron chi connectivity index (χ1n) is 3.73. The van der Waals surface area contributed by atoms with E-state index < -0.39 is 24.1 Å². The van der Waals surface area contributed by atoms with Gasteiger partial charge in [-0.2, -0.15) is 5.10 Å². The minimum atomic E-state index is -2.95. The molecule has 1 heterocycles. The maximum Gasteiger partial charge on any atom is 0.358 e. The van der Waals surface area contributed by atoms with Crippen LogP contribution in [0.2, 0.25) is 0 Å². The van der Waals surface area contributed by atoms with Crippen LogP contribution in [-0.2, 0) is 6.54 Å². The molecule has 0 fully saturated rings. The Morgan fingerprint density at radius 1 is 1.79 bits per heavy atom. The summed E-state index contributed by atoms with van der Waals surface area (Å²) in [5.41, 5.74) is 4.72. The minimum absolute atomic E-state index is 0.123. The van der Waals surface area contributed by atoms with Crippen LogP contribution in [0.5, 0.6) is 0 Å². The van der Waals surface area contributed by atoms with Crippen molar-refractivity contribution in [1.82, 2.24) is 9.78 Å². The minimum Gasteiger partial charge on any atom is -0.476 e. The van der Waals surface area contributed by atoms with E-state index in [0.29, 0.717) is 6.92 Å². The summed E-state index contributed by atoms with van der Waals surface area (Å²) < 4.78 is 25.8. The monoisotopic (exact) mass is 205 g/mol. The first-order valence-corrected chi connectivity index (χ1v) is 3.73. The predicted octanol–water partition coefficient (Wildman–Crippen LogP) is 0.819. The van der Waals surface area contributed by atoms with Gasteiger partial charge in [-0.1, -0.05) is 0 Å². The molecule has 7 heteroatoms. The Bertz CT molecular complexity index is 356. The topological polar surface area (TPSA) is 81.1 Å². The molecule has 1 aromatic heterocycles. The fraction of sp³-hybridized carbons (Fsp3) is 0.429. The molecule has 0 spiro atoms. The predicted molar refractivity (Wildman–Crippen MR) is 44.2 cm³/mol. The van der Waals surface area contributed by atoms with Crippen molar-refractivity contribution >= 4 is 11.7 Å². The smallest absolute Gasteiger partial charge is 0.358 e. The number of nitrogens with zero attached hydrogens (tertiary/aromatic N) is 2. The van der Waals surface area contributed by atoms with Crippen LogP contribution < -0.4 is 5.73 Å². The largest absolute Gasteiger partial charge is 0.476 e. The van der Waals surface area contributed by atoms with Crippen LogP contribution in [0.1, 0.15) is 17.4 Å². The number of aromatic carboxylic acids is 1. The van der Waals surface area contributed by atoms with Crippen LogP contribution in [0.3, 0.4) is 0 Å². The molecule has 0 aliphatic heterocycles. The zero-order chi connectivity index (χ0) is 10.9. The third kappa shape index (κ3) is 2.41. The first-order chi connectivity index (χ1) is 6.29. The summed E-state index contributed by atoms with van der Waals surface area (Å²) in [6.45, 7) is 0.0236. The van der Waals surface area contributed by atoms with Gasteiger partial charge in [0, 0.05) is 13.1 Å². The van der Waals surface area contributed by atoms with Gasteiger partial charge in [-0.05, 0) is 0 Å². The highest BCUT2D eigenvalue weighted by atomic mass is 19.3. The summed E-state index contributed by atoms with van der Waals surface area (Å²) in [5.74, 6) is -4.28. The molecule has 0 aliphatic rings. The van der Waals surface area contributed by atoms with E-state index in [1.165, 1.54) is 0 Å². The van der Waals surface area contributed by atoms with Gasteiger partial charge >= 0.3 is 5.97 Å². The molecule has 3 N–H and O–H groups in total. The van der Waals surface area contributed by atoms with Gasteiger partial charge in [0.15, 0.2) is 5.69 Å². The molecule has 0 bridgehead atoms. The van der Waals surface area contributed by atoms with Crippen LogP contribution >= 0.6 is 0 Å². The summed E-state index contributed by atoms with van der Waals surface area (Å²) >= 11 is 0. The van der Waals surface area contributed by atoms with Crippen molar-refractivity contribution in [3.63, 3.8) is 0 Å². The van der Waals surface area contributed by atoms with Crippen LogP contribution in [0.25, 0.3) is 0 Å². The lowest BCUT2D eigenvalue weighted by Gasteiger charge is -2.08. The third-order valence-electron chi connectivity index (χ3n) is 1.43. The maximum absolute atomic E-state index is 12.5. The maximum atomic E-state index is 12.5. The van der Waals surface area contributed by atoms with E-state index in [9.17, 15) is 13.6 Å². The summed E-state index contributed by atoms with van der Waals surface area (Å²) in [6.07, 6.45) is 1.07. The average Bonchev–Trinajstić information content (AvgIpc) is 2.26. The number of hydrogen-bond acceptors (Lipinski definition) is 3. The SMILES string of the molecule is CC(F)(F)Cn1cc(N)c(C(=O)O)n1. The first kappa shape index (κ1) is 10.4. The number of carbonyl (C=O) groups is 1. The molecule has 0 aliphatic carbocycles. The van der Waals surface area contributed by atoms with Crippen molar-refractivity contribution < 1.29 is 18.7 Å². The lowest BCUT2D eigenvalue weighted by Crippen LogP contribution is -2.19. The molecule has 0 saturated heterocycles. The van der Waals surface area contributed by atoms with E-state index in [4.69, 9.17) is 10.8 Å². The van der Waals surface area contributed by atoms with Gasteiger partial charge in [-0.15, -0.1) is 0 Å². The molecule has 0 aromatic carbocycles. The molecule has 78 valence electrons. The number of alkyl halides is 2. The van der Waals surface area contributed by atoms with Gasteiger partial charge in [0.05, 0.1) is 5.69 Å². The third-order valence-corrected chi connectivity index (χ3v) is 1.43. The summed E-state index contributed by atoms with van der Waals surface area (Å²) in [5, 5.41) is 11.9. The Morgan fingerprint density at radius 2 is 2.36 bits per heavy atom. The van der Waals surface area contributed by atoms with Crippen molar-refractivity contribution in [2.24, 2.45) is 0 Å². The number of carboxylic acids is 1. The second-order valence-electron chi connectivity index (χ2n) is 3.01. The van der Waals surface area contributed by atoms with Crippen LogP contribution in [0.4, 0.5) is 14.5 Å². The summed E-state index contributed by atoms with van der Waals surface area (Å²) in [4.78, 5) is 10.5. The highest BCUT2D eigenvalue weighted by Gasteiger charge is 2.24. The number of hydrogen-bond donors (Lipinski definition) is 2. The van der Waals surface area contributed by atoms with Gasteiger partial charge in [0.1, 0.15) is 6.54 Å². The van der Waals surface area contributed by atoms with E-state index in [2.05, 4.69) is 5.10 Å². The quantitative estimate of drug-likeness (QED) is 0.765. The van der Waals surface area contributed by atoms with Crippen molar-refractivity contribution in [2.75, 3.05) is 5.73 Å². The molecule has 1 rings (SSSR count). The molecule has 5 nitrogen and oxygen atoms in total. The zero-order valence-corrected chi connectivity index (χ0v) is 7.37. The molecule has 14 heavy (non-hydrogen) atoms. The summed E-state index contributed by atoms with van der Waals surface area (Å²) in [6, 6.07) is 0. The second-order valence-corrected chi connectivity index (χ2v) is 3.01. The van der Waals surface area contributed by atoms with E-state index in [-0.39, 0.29) is 5.69 Å². The Hall–Kier alpha value is -1.66. The van der Waals surface area contributed by atoms with Crippen LogP contribution in [0.15, 0.2) is 6.20 Å². The fourth-order valence-electron chi connectivity index (χ4n) is 0.968. The van der Waals surface area contributed by atoms with E-state index >= 15 is 0 Å². The lowest BCUT2D eigenvalue weighted by atomic mass is 10.4. The number of carboxylic acid groups (broad SMARTS) is 1. The number of nitrogens with two attached hydrogens (primary N) is 1. The van der Waals surface area contributed by atoms with Crippen molar-refractivity contribution in [3.8, 4) is 0 Å². The Morgan fingerprint density at radius 3 is 2.71 bits per heavy atom. The zero-order valence-electron chi connectivity index (χ0n) is 7.37. The van der Waals surface area contributed by atoms with E-state index in [1.54, 1.807) is 0 Å². The van der Waals surface area contributed by atoms with Crippen molar-refractivity contribution in [2.45, 2.75) is 19.4 Å². The Labute approximate surface area is 78.1 Å². The highest BCUT2D eigenvalue weighted by molar-refractivity contribution is 5.91. The Balaban J connectivity index is 2.92. The standard InChI is InChI=1S/C7H9F2N3O2/c1-7(8,9)3-12-2-4(10)5(11-12)6(13)14/h2H,3,10H2,1H3,(H,13,14). The molecular weight excluding hydrogens is 196 g/mol. The lowest BCUT2D eigenvalue weighted by molar-refractivity contribution is 0.000372. The molecule has 0 unspecified atom stereocenters. The van der Waals surface area contributed by atoms with E-state index in [0.717, 1.165) is 10.9 Å². The van der Waals surface area contributed by atoms with E-state index in [1.807, 2.05) is 0 Å². The number of anilines is 1. The van der Waals surface area contributed by atoms with Crippen LogP contribution in [0, 0.1) is 0 Å². The number of nitrogen functional groups attached to an aromatic ring is 1. The van der Waals surface area contributed by atoms with Gasteiger partial charge in [0.2, 0.25) is 0 Å². The van der Waals surface area contributed by atoms with Crippen molar-refractivity contribution in [3.05, 3.63) is 11.9 Å². The van der Waals surface area contributed by atoms with Gasteiger partial charge < -0.3 is 10.8 Å². The van der Waals surface area contributed by atoms with Gasteiger partial charge in [0.25, 0.3) is 5.92 Å².